The molecule has 1 fully saturated rings. The lowest BCUT2D eigenvalue weighted by molar-refractivity contribution is -0.117. The first-order valence-electron chi connectivity index (χ1n) is 7.23. The Kier molecular flexibility index (Phi) is 5.63. The van der Waals surface area contributed by atoms with Gasteiger partial charge in [0.25, 0.3) is 0 Å². The van der Waals surface area contributed by atoms with Crippen molar-refractivity contribution in [3.63, 3.8) is 0 Å². The molecule has 1 saturated heterocycles. The minimum Gasteiger partial charge on any atom is -0.493 e. The summed E-state index contributed by atoms with van der Waals surface area (Å²) >= 11 is 0. The van der Waals surface area contributed by atoms with Gasteiger partial charge in [0, 0.05) is 18.7 Å². The Hall–Kier alpha value is -2.01. The van der Waals surface area contributed by atoms with Crippen LogP contribution in [0.2, 0.25) is 0 Å². The van der Waals surface area contributed by atoms with E-state index in [1.807, 2.05) is 25.1 Å². The van der Waals surface area contributed by atoms with Crippen LogP contribution in [-0.2, 0) is 4.79 Å². The molecule has 1 unspecified atom stereocenters. The summed E-state index contributed by atoms with van der Waals surface area (Å²) in [6, 6.07) is 5.83. The average molecular weight is 290 g/mol. The van der Waals surface area contributed by atoms with Gasteiger partial charge in [-0.2, -0.15) is 0 Å². The van der Waals surface area contributed by atoms with Gasteiger partial charge in [-0.05, 0) is 43.7 Å². The summed E-state index contributed by atoms with van der Waals surface area (Å²) in [7, 11) is 1.60. The zero-order valence-corrected chi connectivity index (χ0v) is 12.5. The van der Waals surface area contributed by atoms with Gasteiger partial charge in [-0.25, -0.2) is 0 Å². The van der Waals surface area contributed by atoms with E-state index in [1.54, 1.807) is 19.3 Å². The molecule has 2 N–H and O–H groups in total. The van der Waals surface area contributed by atoms with Crippen molar-refractivity contribution in [2.24, 2.45) is 0 Å². The minimum absolute atomic E-state index is 0.0726. The highest BCUT2D eigenvalue weighted by Crippen LogP contribution is 2.28. The molecule has 0 aromatic heterocycles. The molecule has 1 aromatic rings. The van der Waals surface area contributed by atoms with E-state index < -0.39 is 0 Å². The molecule has 1 atom stereocenters. The highest BCUT2D eigenvalue weighted by atomic mass is 16.5. The minimum atomic E-state index is -0.0726. The lowest BCUT2D eigenvalue weighted by atomic mass is 10.2. The number of carbonyl (C=O) groups is 1. The number of hydrogen-bond donors (Lipinski definition) is 2. The van der Waals surface area contributed by atoms with Gasteiger partial charge in [-0.1, -0.05) is 6.07 Å². The van der Waals surface area contributed by atoms with E-state index >= 15 is 0 Å². The number of methoxy groups -OCH3 is 1. The maximum absolute atomic E-state index is 11.8. The smallest absolute Gasteiger partial charge is 0.244 e. The highest BCUT2D eigenvalue weighted by molar-refractivity contribution is 5.92. The molecule has 1 heterocycles. The van der Waals surface area contributed by atoms with Crippen molar-refractivity contribution >= 4 is 12.0 Å². The van der Waals surface area contributed by atoms with E-state index in [4.69, 9.17) is 9.47 Å². The summed E-state index contributed by atoms with van der Waals surface area (Å²) < 4.78 is 10.7. The molecule has 0 bridgehead atoms. The number of benzene rings is 1. The molecule has 2 rings (SSSR count). The van der Waals surface area contributed by atoms with Gasteiger partial charge in [0.2, 0.25) is 5.91 Å². The Morgan fingerprint density at radius 1 is 1.48 bits per heavy atom. The zero-order valence-electron chi connectivity index (χ0n) is 12.5. The van der Waals surface area contributed by atoms with Crippen molar-refractivity contribution < 1.29 is 14.3 Å². The maximum Gasteiger partial charge on any atom is 0.244 e. The van der Waals surface area contributed by atoms with Crippen LogP contribution in [0.1, 0.15) is 18.9 Å². The maximum atomic E-state index is 11.8. The van der Waals surface area contributed by atoms with Crippen LogP contribution in [0.4, 0.5) is 0 Å². The summed E-state index contributed by atoms with van der Waals surface area (Å²) in [4.78, 5) is 11.8. The highest BCUT2D eigenvalue weighted by Gasteiger charge is 2.15. The third-order valence-electron chi connectivity index (χ3n) is 3.32. The fourth-order valence-corrected chi connectivity index (χ4v) is 2.26. The van der Waals surface area contributed by atoms with Crippen LogP contribution in [-0.4, -0.2) is 38.8 Å². The van der Waals surface area contributed by atoms with Gasteiger partial charge < -0.3 is 20.1 Å². The number of nitrogens with one attached hydrogen (secondary N) is 2. The van der Waals surface area contributed by atoms with E-state index in [1.165, 1.54) is 0 Å². The molecule has 21 heavy (non-hydrogen) atoms. The van der Waals surface area contributed by atoms with Crippen molar-refractivity contribution in [1.29, 1.82) is 0 Å². The van der Waals surface area contributed by atoms with Crippen LogP contribution in [0.5, 0.6) is 11.5 Å². The molecule has 1 aromatic carbocycles. The van der Waals surface area contributed by atoms with Gasteiger partial charge in [0.1, 0.15) is 0 Å². The van der Waals surface area contributed by atoms with Gasteiger partial charge >= 0.3 is 0 Å². The number of rotatable bonds is 6. The van der Waals surface area contributed by atoms with Crippen molar-refractivity contribution in [3.05, 3.63) is 29.8 Å². The van der Waals surface area contributed by atoms with Crippen LogP contribution in [0.3, 0.4) is 0 Å². The summed E-state index contributed by atoms with van der Waals surface area (Å²) in [5.41, 5.74) is 0.898. The van der Waals surface area contributed by atoms with Crippen LogP contribution in [0.15, 0.2) is 24.3 Å². The van der Waals surface area contributed by atoms with Crippen molar-refractivity contribution in [2.45, 2.75) is 19.4 Å². The Balaban J connectivity index is 1.97. The summed E-state index contributed by atoms with van der Waals surface area (Å²) in [5.74, 6) is 1.30. The van der Waals surface area contributed by atoms with Crippen LogP contribution in [0, 0.1) is 0 Å². The molecule has 0 spiro atoms. The molecule has 1 aliphatic heterocycles. The van der Waals surface area contributed by atoms with E-state index in [9.17, 15) is 4.79 Å². The summed E-state index contributed by atoms with van der Waals surface area (Å²) in [5, 5.41) is 6.18. The quantitative estimate of drug-likeness (QED) is 0.781. The standard InChI is InChI=1S/C16H22N2O3/c1-3-21-14-6-4-12(10-15(14)20-2)5-7-16(19)18-13-8-9-17-11-13/h4-7,10,13,17H,3,8-9,11H2,1-2H3,(H,18,19)/b7-5+. The third-order valence-corrected chi connectivity index (χ3v) is 3.32. The van der Waals surface area contributed by atoms with Crippen LogP contribution < -0.4 is 20.1 Å². The Morgan fingerprint density at radius 3 is 3.00 bits per heavy atom. The van der Waals surface area contributed by atoms with E-state index in [-0.39, 0.29) is 11.9 Å². The van der Waals surface area contributed by atoms with Gasteiger partial charge in [-0.3, -0.25) is 4.79 Å². The molecule has 0 saturated carbocycles. The molecular weight excluding hydrogens is 268 g/mol. The van der Waals surface area contributed by atoms with Crippen LogP contribution >= 0.6 is 0 Å². The molecule has 0 aliphatic carbocycles. The zero-order chi connectivity index (χ0) is 15.1. The Morgan fingerprint density at radius 2 is 2.33 bits per heavy atom. The first-order chi connectivity index (χ1) is 10.2. The predicted molar refractivity (Wildman–Crippen MR) is 82.6 cm³/mol. The van der Waals surface area contributed by atoms with E-state index in [0.717, 1.165) is 25.1 Å². The second kappa shape index (κ2) is 7.69. The number of ether oxygens (including phenoxy) is 2. The lowest BCUT2D eigenvalue weighted by Crippen LogP contribution is -2.34. The van der Waals surface area contributed by atoms with Gasteiger partial charge in [-0.15, -0.1) is 0 Å². The summed E-state index contributed by atoms with van der Waals surface area (Å²) in [6.07, 6.45) is 4.31. The van der Waals surface area contributed by atoms with Crippen molar-refractivity contribution in [1.82, 2.24) is 10.6 Å². The summed E-state index contributed by atoms with van der Waals surface area (Å²) in [6.45, 7) is 4.32. The van der Waals surface area contributed by atoms with Gasteiger partial charge in [0.05, 0.1) is 13.7 Å². The molecule has 114 valence electrons. The molecule has 1 amide bonds. The topological polar surface area (TPSA) is 59.6 Å². The molecule has 5 heteroatoms. The Bertz CT molecular complexity index is 508. The number of hydrogen-bond acceptors (Lipinski definition) is 4. The first-order valence-corrected chi connectivity index (χ1v) is 7.23. The lowest BCUT2D eigenvalue weighted by Gasteiger charge is -2.10. The molecule has 1 aliphatic rings. The molecule has 0 radical (unpaired) electrons. The Labute approximate surface area is 125 Å². The average Bonchev–Trinajstić information content (AvgIpc) is 2.99. The van der Waals surface area contributed by atoms with E-state index in [2.05, 4.69) is 10.6 Å². The number of carbonyl (C=O) groups excluding carboxylic acids is 1. The predicted octanol–water partition coefficient (Wildman–Crippen LogP) is 1.59. The molecule has 5 nitrogen and oxygen atoms in total. The monoisotopic (exact) mass is 290 g/mol. The number of amides is 1. The fraction of sp³-hybridized carbons (Fsp3) is 0.438. The van der Waals surface area contributed by atoms with Crippen molar-refractivity contribution in [3.8, 4) is 11.5 Å². The first kappa shape index (κ1) is 15.4. The second-order valence-corrected chi connectivity index (χ2v) is 4.87. The van der Waals surface area contributed by atoms with Crippen molar-refractivity contribution in [2.75, 3.05) is 26.8 Å². The normalized spacial score (nSPS) is 17.9. The largest absolute Gasteiger partial charge is 0.493 e. The molecular formula is C16H22N2O3. The fourth-order valence-electron chi connectivity index (χ4n) is 2.26. The third kappa shape index (κ3) is 4.49. The SMILES string of the molecule is CCOc1ccc(/C=C/C(=O)NC2CCNC2)cc1OC. The van der Waals surface area contributed by atoms with Gasteiger partial charge in [0.15, 0.2) is 11.5 Å². The second-order valence-electron chi connectivity index (χ2n) is 4.87. The van der Waals surface area contributed by atoms with E-state index in [0.29, 0.717) is 18.1 Å². The van der Waals surface area contributed by atoms with Crippen LogP contribution in [0.25, 0.3) is 6.08 Å².